The predicted molar refractivity (Wildman–Crippen MR) is 408 cm³/mol. The molecule has 9 heterocycles. The first-order chi connectivity index (χ1) is 50.3. The molecule has 0 aliphatic rings. The third-order valence-corrected chi connectivity index (χ3v) is 22.2. The summed E-state index contributed by atoms with van der Waals surface area (Å²) in [5, 5.41) is 39.7. The molecule has 0 aliphatic carbocycles. The largest absolute Gasteiger partial charge is 0.476 e. The van der Waals surface area contributed by atoms with E-state index < -0.39 is 85.2 Å². The Labute approximate surface area is 701 Å². The Morgan fingerprint density at radius 1 is 0.500 bits per heavy atom. The minimum atomic E-state index is -4.44. The van der Waals surface area contributed by atoms with Gasteiger partial charge >= 0.3 is 43.0 Å². The topological polar surface area (TPSA) is 367 Å². The molecule has 612 valence electrons. The number of Topliss-reactive ketones (excluding diaryl/α,β-unsaturated/α-hetero) is 2. The molecule has 0 fully saturated rings. The van der Waals surface area contributed by atoms with Crippen LogP contribution < -0.4 is 33.4 Å². The van der Waals surface area contributed by atoms with Crippen LogP contribution in [0.5, 0.6) is 0 Å². The second-order valence-corrected chi connectivity index (χ2v) is 32.5. The first-order valence-corrected chi connectivity index (χ1v) is 40.3. The van der Waals surface area contributed by atoms with Gasteiger partial charge in [0.05, 0.1) is 12.5 Å². The highest BCUT2D eigenvalue weighted by Crippen LogP contribution is 2.36. The van der Waals surface area contributed by atoms with Crippen LogP contribution >= 0.6 is 203 Å². The normalized spacial score (nSPS) is 13.2. The first-order valence-electron chi connectivity index (χ1n) is 28.2. The summed E-state index contributed by atoms with van der Waals surface area (Å²) in [6.45, 7) is 8.62. The molecule has 6 atom stereocenters. The Kier molecular flexibility index (Phi) is 44.3. The Hall–Kier alpha value is -4.85. The number of thiocarbonyl (C=S) groups is 1. The number of aromatic carboxylic acids is 1. The number of hydrogen-bond acceptors (Lipinski definition) is 27. The van der Waals surface area contributed by atoms with Crippen LogP contribution in [0.1, 0.15) is 104 Å². The lowest BCUT2D eigenvalue weighted by Gasteiger charge is -2.17. The van der Waals surface area contributed by atoms with E-state index in [1.54, 1.807) is 32.9 Å². The second-order valence-electron chi connectivity index (χ2n) is 20.0. The first kappa shape index (κ1) is 103. The minimum Gasteiger partial charge on any atom is -0.476 e. The number of amides is 1. The Morgan fingerprint density at radius 2 is 0.855 bits per heavy atom. The highest BCUT2D eigenvalue weighted by Gasteiger charge is 2.42. The number of nitrogens with one attached hydrogen (secondary N) is 3. The standard InChI is InChI=1S/C8H6BrF3N4S.C8H8F3N5S.C7H8BrF3N4S.C7H6BrF3N2OS.C7H6BrF3N2S2.C5H8O2.C4H2BrNO2S.C3HBr2NS.C3H6F3N/c1-4(8(10,11)12)16-3-13-15-6(16)7-14-5(9)2-17-7;1-4(8(9,10)11)16-3-13-15-6(16)7-14-5(12)2-17-7;1-3(7(9,10)11)13-5(15-12)6-14-4(8)2-16-6;2*1-3(7(9,10)11)12-5(14)6-13-4(8)2-15-6;1-4(6)3-5(2)7;5-2-1-9-3(6-2)4(7)8;4-2-1-7-3(5)6-2;1-2(7)3(4,5)6/h2-4H,1H3;2-4H,12H2,1H3;2-3H,12H2,1H3,(H,13,15);2*2-3H,1H3,(H,12,14);3H2,1-2H3;1H,(H,7,8);1H;2H,7H2,1H3/t;;;;;;;;2-/m........0/s1. The van der Waals surface area contributed by atoms with Gasteiger partial charge in [0.25, 0.3) is 5.91 Å². The molecule has 110 heavy (non-hydrogen) atoms. The van der Waals surface area contributed by atoms with E-state index in [9.17, 15) is 98.2 Å². The third kappa shape index (κ3) is 39.9. The van der Waals surface area contributed by atoms with Crippen molar-refractivity contribution in [3.63, 3.8) is 0 Å². The molecule has 58 heteroatoms. The number of anilines is 1. The van der Waals surface area contributed by atoms with Crippen LogP contribution in [0.4, 0.5) is 84.8 Å². The van der Waals surface area contributed by atoms with E-state index in [4.69, 9.17) is 28.9 Å². The van der Waals surface area contributed by atoms with Crippen LogP contribution in [0.25, 0.3) is 21.7 Å². The minimum absolute atomic E-state index is 0.00188. The number of thiazole rings is 7. The summed E-state index contributed by atoms with van der Waals surface area (Å²) in [6.07, 6.45) is -23.9. The molecular weight excluding hydrogens is 2140 g/mol. The molecule has 9 aromatic rings. The van der Waals surface area contributed by atoms with Gasteiger partial charge in [-0.25, -0.2) is 45.5 Å². The predicted octanol–water partition coefficient (Wildman–Crippen LogP) is 18.9. The number of rotatable bonds is 13. The van der Waals surface area contributed by atoms with Gasteiger partial charge in [-0.3, -0.25) is 28.5 Å². The van der Waals surface area contributed by atoms with Crippen LogP contribution in [0.15, 0.2) is 86.8 Å². The Balaban J connectivity index is 0.000000631. The fraction of sp³-hybridized carbons (Fsp3) is 0.404. The number of carbonyl (C=O) groups is 4. The van der Waals surface area contributed by atoms with Crippen molar-refractivity contribution in [3.05, 3.63) is 102 Å². The zero-order chi connectivity index (χ0) is 84.9. The van der Waals surface area contributed by atoms with Crippen LogP contribution in [0, 0.1) is 0 Å². The monoisotopic (exact) mass is 2190 g/mol. The van der Waals surface area contributed by atoms with Gasteiger partial charge in [-0.05, 0) is 167 Å². The summed E-state index contributed by atoms with van der Waals surface area (Å²) in [5.74, 6) is 3.53. The number of nitrogens with two attached hydrogens (primary N) is 3. The molecule has 25 nitrogen and oxygen atoms in total. The quantitative estimate of drug-likeness (QED) is 0.0107. The second kappa shape index (κ2) is 47.2. The molecule has 0 aromatic carbocycles. The summed E-state index contributed by atoms with van der Waals surface area (Å²) in [7, 11) is 0. The number of alkyl halides is 18. The molecule has 0 saturated heterocycles. The lowest BCUT2D eigenvalue weighted by atomic mass is 10.2. The summed E-state index contributed by atoms with van der Waals surface area (Å²) >= 11 is 34.8. The van der Waals surface area contributed by atoms with Crippen molar-refractivity contribution < 1.29 is 103 Å². The molecular formula is C52H51Br7F18N20O5S8. The zero-order valence-corrected chi connectivity index (χ0v) is 73.3. The fourth-order valence-electron chi connectivity index (χ4n) is 5.54. The van der Waals surface area contributed by atoms with Crippen molar-refractivity contribution in [3.8, 4) is 21.7 Å². The van der Waals surface area contributed by atoms with Gasteiger partial charge < -0.3 is 32.6 Å². The van der Waals surface area contributed by atoms with Gasteiger partial charge in [-0.15, -0.1) is 99.8 Å². The molecule has 0 saturated carbocycles. The average molecular weight is 2190 g/mol. The lowest BCUT2D eigenvalue weighted by Crippen LogP contribution is -2.43. The fourth-order valence-corrected chi connectivity index (χ4v) is 14.1. The number of ketones is 2. The number of hydrogen-bond donors (Lipinski definition) is 7. The van der Waals surface area contributed by atoms with Crippen LogP contribution in [-0.4, -0.2) is 165 Å². The van der Waals surface area contributed by atoms with Crippen molar-refractivity contribution in [2.75, 3.05) is 5.73 Å². The number of carbonyl (C=O) groups excluding carboxylic acids is 3. The van der Waals surface area contributed by atoms with Gasteiger partial charge in [0, 0.05) is 37.7 Å². The Bertz CT molecular complexity index is 4150. The van der Waals surface area contributed by atoms with Crippen molar-refractivity contribution in [1.82, 2.24) is 80.5 Å². The number of amidine groups is 1. The van der Waals surface area contributed by atoms with E-state index in [1.807, 2.05) is 10.7 Å². The van der Waals surface area contributed by atoms with E-state index >= 15 is 0 Å². The smallest absolute Gasteiger partial charge is 0.410 e. The van der Waals surface area contributed by atoms with Crippen LogP contribution in [-0.2, 0) is 9.59 Å². The maximum atomic E-state index is 12.6. The molecule has 5 unspecified atom stereocenters. The van der Waals surface area contributed by atoms with Crippen molar-refractivity contribution in [2.24, 2.45) is 16.6 Å². The third-order valence-electron chi connectivity index (χ3n) is 11.1. The summed E-state index contributed by atoms with van der Waals surface area (Å²) in [5.41, 5.74) is 12.0. The Morgan fingerprint density at radius 3 is 1.13 bits per heavy atom. The molecule has 1 amide bonds. The van der Waals surface area contributed by atoms with Gasteiger partial charge in [0.15, 0.2) is 46.4 Å². The molecule has 0 aliphatic heterocycles. The van der Waals surface area contributed by atoms with Crippen LogP contribution in [0.2, 0.25) is 0 Å². The summed E-state index contributed by atoms with van der Waals surface area (Å²) in [6, 6.07) is -10.5. The average Bonchev–Trinajstić information content (AvgIpc) is 1.66. The van der Waals surface area contributed by atoms with Crippen molar-refractivity contribution >= 4 is 243 Å². The number of nitrogen functional groups attached to an aromatic ring is 1. The molecule has 10 N–H and O–H groups in total. The van der Waals surface area contributed by atoms with E-state index in [0.717, 1.165) is 117 Å². The van der Waals surface area contributed by atoms with Gasteiger partial charge in [0.1, 0.15) is 92.9 Å². The zero-order valence-electron chi connectivity index (χ0n) is 55.7. The maximum Gasteiger partial charge on any atom is 0.410 e. The van der Waals surface area contributed by atoms with E-state index in [2.05, 4.69) is 188 Å². The number of carboxylic acid groups (broad SMARTS) is 1. The van der Waals surface area contributed by atoms with Gasteiger partial charge in [0.2, 0.25) is 5.01 Å². The number of nitrogens with zero attached hydrogens (tertiary/aromatic N) is 14. The van der Waals surface area contributed by atoms with E-state index in [1.165, 1.54) is 47.3 Å². The van der Waals surface area contributed by atoms with E-state index in [-0.39, 0.29) is 56.3 Å². The molecule has 0 radical (unpaired) electrons. The number of hydrazine groups is 1. The number of halogens is 25. The highest BCUT2D eigenvalue weighted by molar-refractivity contribution is 9.12. The van der Waals surface area contributed by atoms with E-state index in [0.29, 0.717) is 43.0 Å². The molecule has 0 bridgehead atoms. The molecule has 0 spiro atoms. The summed E-state index contributed by atoms with van der Waals surface area (Å²) < 4.78 is 225. The maximum absolute atomic E-state index is 12.6. The molecule has 9 rings (SSSR count). The van der Waals surface area contributed by atoms with Crippen LogP contribution in [0.3, 0.4) is 0 Å². The number of carboxylic acids is 1. The van der Waals surface area contributed by atoms with Crippen molar-refractivity contribution in [1.29, 1.82) is 0 Å². The molecule has 9 aromatic heterocycles. The summed E-state index contributed by atoms with van der Waals surface area (Å²) in [4.78, 5) is 71.9. The van der Waals surface area contributed by atoms with Gasteiger partial charge in [-0.2, -0.15) is 79.0 Å². The highest BCUT2D eigenvalue weighted by atomic mass is 79.9. The lowest BCUT2D eigenvalue weighted by molar-refractivity contribution is -0.163. The van der Waals surface area contributed by atoms with Crippen molar-refractivity contribution in [2.45, 2.75) is 135 Å². The number of aromatic nitrogens is 13. The number of aliphatic imine (C=N–C) groups is 1. The van der Waals surface area contributed by atoms with Gasteiger partial charge in [-0.1, -0.05) is 12.2 Å². The SMILES string of the molecule is Brc1csc(Br)n1.CC(=O)CC(C)=O.CC(N=C(NN)c1nc(Br)cs1)C(F)(F)F.CC(NC(=O)c1nc(Br)cs1)C(F)(F)F.CC(NC(=S)c1nc(Br)cs1)C(F)(F)F.CC(n1cnnc1-c1nc(Br)cs1)C(F)(F)F.CC(n1cnnc1-c1nc(N)cs1)C(F)(F)F.C[C@H](N)C(F)(F)F.O=C(O)c1nc(Br)cs1.